The Morgan fingerprint density at radius 3 is 2.62 bits per heavy atom. The molecule has 8 heteroatoms. The topological polar surface area (TPSA) is 91.3 Å². The van der Waals surface area contributed by atoms with Crippen LogP contribution in [0.25, 0.3) is 0 Å². The highest BCUT2D eigenvalue weighted by Gasteiger charge is 2.43. The molecule has 1 saturated carbocycles. The summed E-state index contributed by atoms with van der Waals surface area (Å²) >= 11 is 0. The maximum absolute atomic E-state index is 13.7. The molecule has 0 unspecified atom stereocenters. The first-order chi connectivity index (χ1) is 11.4. The van der Waals surface area contributed by atoms with E-state index in [-0.39, 0.29) is 29.2 Å². The maximum Gasteiger partial charge on any atom is 0.258 e. The van der Waals surface area contributed by atoms with Crippen LogP contribution in [-0.2, 0) is 4.79 Å². The van der Waals surface area contributed by atoms with Gasteiger partial charge in [0.1, 0.15) is 23.6 Å². The minimum Gasteiger partial charge on any atom is -0.508 e. The number of hydrogen-bond donors (Lipinski definition) is 3. The van der Waals surface area contributed by atoms with Gasteiger partial charge in [0, 0.05) is 24.0 Å². The highest BCUT2D eigenvalue weighted by atomic mass is 19.1. The van der Waals surface area contributed by atoms with Gasteiger partial charge in [0.2, 0.25) is 5.91 Å². The van der Waals surface area contributed by atoms with Gasteiger partial charge in [0.15, 0.2) is 0 Å². The van der Waals surface area contributed by atoms with E-state index in [9.17, 15) is 18.4 Å². The summed E-state index contributed by atoms with van der Waals surface area (Å²) in [5.74, 6) is -2.84. The summed E-state index contributed by atoms with van der Waals surface area (Å²) in [6, 6.07) is 6.01. The van der Waals surface area contributed by atoms with Crippen molar-refractivity contribution >= 4 is 23.3 Å². The van der Waals surface area contributed by atoms with Gasteiger partial charge in [-0.25, -0.2) is 13.8 Å². The largest absolute Gasteiger partial charge is 0.508 e. The van der Waals surface area contributed by atoms with E-state index >= 15 is 0 Å². The molecule has 3 rings (SSSR count). The number of nitrogens with zero attached hydrogens (tertiary/aromatic N) is 1. The van der Waals surface area contributed by atoms with Crippen molar-refractivity contribution in [1.29, 1.82) is 0 Å². The molecule has 1 aliphatic carbocycles. The van der Waals surface area contributed by atoms with Gasteiger partial charge < -0.3 is 15.7 Å². The van der Waals surface area contributed by atoms with Crippen LogP contribution in [0.4, 0.5) is 20.3 Å². The van der Waals surface area contributed by atoms with Gasteiger partial charge in [-0.1, -0.05) is 0 Å². The van der Waals surface area contributed by atoms with Gasteiger partial charge in [-0.3, -0.25) is 9.59 Å². The first kappa shape index (κ1) is 15.9. The second-order valence-electron chi connectivity index (χ2n) is 5.40. The van der Waals surface area contributed by atoms with E-state index in [0.29, 0.717) is 0 Å². The van der Waals surface area contributed by atoms with Crippen molar-refractivity contribution in [3.63, 3.8) is 0 Å². The zero-order valence-electron chi connectivity index (χ0n) is 12.3. The number of alkyl halides is 1. The van der Waals surface area contributed by atoms with Crippen molar-refractivity contribution in [2.75, 3.05) is 10.6 Å². The first-order valence-corrected chi connectivity index (χ1v) is 7.15. The van der Waals surface area contributed by atoms with Crippen LogP contribution in [0.1, 0.15) is 16.8 Å². The lowest BCUT2D eigenvalue weighted by Gasteiger charge is -2.08. The number of aromatic nitrogens is 1. The number of carbonyl (C=O) groups excluding carboxylic acids is 2. The Labute approximate surface area is 135 Å². The summed E-state index contributed by atoms with van der Waals surface area (Å²) in [6.07, 6.45) is 0.422. The van der Waals surface area contributed by atoms with Gasteiger partial charge in [0.05, 0.1) is 11.5 Å². The van der Waals surface area contributed by atoms with E-state index in [0.717, 1.165) is 12.1 Å². The number of nitrogens with one attached hydrogen (secondary N) is 2. The van der Waals surface area contributed by atoms with E-state index in [1.807, 2.05) is 0 Å². The van der Waals surface area contributed by atoms with Crippen LogP contribution < -0.4 is 10.6 Å². The lowest BCUT2D eigenvalue weighted by molar-refractivity contribution is -0.117. The highest BCUT2D eigenvalue weighted by Crippen LogP contribution is 2.34. The van der Waals surface area contributed by atoms with Gasteiger partial charge in [-0.2, -0.15) is 0 Å². The van der Waals surface area contributed by atoms with Crippen molar-refractivity contribution in [2.24, 2.45) is 5.92 Å². The molecule has 124 valence electrons. The molecule has 2 aromatic rings. The minimum absolute atomic E-state index is 0.156. The number of halogens is 2. The number of benzene rings is 1. The van der Waals surface area contributed by atoms with Crippen LogP contribution in [0.3, 0.4) is 0 Å². The summed E-state index contributed by atoms with van der Waals surface area (Å²) < 4.78 is 26.5. The summed E-state index contributed by atoms with van der Waals surface area (Å²) in [4.78, 5) is 27.6. The minimum atomic E-state index is -1.12. The molecule has 0 saturated heterocycles. The molecule has 2 atom stereocenters. The Morgan fingerprint density at radius 1 is 1.21 bits per heavy atom. The molecule has 0 aliphatic heterocycles. The normalized spacial score (nSPS) is 18.8. The standard InChI is InChI=1S/C16H13F2N3O3/c17-12-6-9(22)1-2-10(12)15(23)20-8-3-4-19-14(5-8)21-16(24)11-7-13(11)18/h1-6,11,13,22H,7H2,(H2,19,20,21,23,24)/t11-,13+/m0/s1. The number of carbonyl (C=O) groups is 2. The zero-order valence-corrected chi connectivity index (χ0v) is 12.3. The number of phenolic OH excluding ortho intramolecular Hbond substituents is 1. The number of amides is 2. The zero-order chi connectivity index (χ0) is 17.3. The second kappa shape index (κ2) is 6.23. The first-order valence-electron chi connectivity index (χ1n) is 7.15. The molecule has 1 heterocycles. The van der Waals surface area contributed by atoms with E-state index in [1.165, 1.54) is 24.4 Å². The number of pyridine rings is 1. The molecule has 0 spiro atoms. The Balaban J connectivity index is 1.69. The van der Waals surface area contributed by atoms with E-state index < -0.39 is 29.7 Å². The number of anilines is 2. The average molecular weight is 333 g/mol. The number of phenols is 1. The highest BCUT2D eigenvalue weighted by molar-refractivity contribution is 6.05. The lowest BCUT2D eigenvalue weighted by Crippen LogP contribution is -2.17. The third kappa shape index (κ3) is 3.48. The van der Waals surface area contributed by atoms with Crippen LogP contribution in [0.5, 0.6) is 5.75 Å². The third-order valence-corrected chi connectivity index (χ3v) is 3.52. The average Bonchev–Trinajstić information content (AvgIpc) is 3.24. The predicted molar refractivity (Wildman–Crippen MR) is 81.9 cm³/mol. The van der Waals surface area contributed by atoms with Gasteiger partial charge in [-0.15, -0.1) is 0 Å². The lowest BCUT2D eigenvalue weighted by atomic mass is 10.2. The number of aromatic hydroxyl groups is 1. The van der Waals surface area contributed by atoms with E-state index in [1.54, 1.807) is 0 Å². The van der Waals surface area contributed by atoms with Gasteiger partial charge >= 0.3 is 0 Å². The van der Waals surface area contributed by atoms with Gasteiger partial charge in [0.25, 0.3) is 5.91 Å². The van der Waals surface area contributed by atoms with Crippen LogP contribution in [0.2, 0.25) is 0 Å². The predicted octanol–water partition coefficient (Wildman–Crippen LogP) is 2.48. The van der Waals surface area contributed by atoms with Crippen LogP contribution in [0.15, 0.2) is 36.5 Å². The van der Waals surface area contributed by atoms with Crippen LogP contribution in [0, 0.1) is 11.7 Å². The maximum atomic E-state index is 13.7. The fourth-order valence-electron chi connectivity index (χ4n) is 2.12. The summed E-state index contributed by atoms with van der Waals surface area (Å²) in [6.45, 7) is 0. The SMILES string of the molecule is O=C(Nc1ccnc(NC(=O)[C@H]2C[C@H]2F)c1)c1ccc(O)cc1F. The second-order valence-corrected chi connectivity index (χ2v) is 5.40. The Kier molecular flexibility index (Phi) is 4.11. The summed E-state index contributed by atoms with van der Waals surface area (Å²) in [5, 5.41) is 14.1. The quantitative estimate of drug-likeness (QED) is 0.801. The van der Waals surface area contributed by atoms with E-state index in [2.05, 4.69) is 15.6 Å². The van der Waals surface area contributed by atoms with Gasteiger partial charge in [-0.05, 0) is 24.6 Å². The summed E-state index contributed by atoms with van der Waals surface area (Å²) in [5.41, 5.74) is 0.0406. The molecule has 1 aliphatic rings. The fourth-order valence-corrected chi connectivity index (χ4v) is 2.12. The molecule has 1 fully saturated rings. The van der Waals surface area contributed by atoms with Crippen LogP contribution >= 0.6 is 0 Å². The molecule has 0 bridgehead atoms. The molecule has 1 aromatic heterocycles. The Morgan fingerprint density at radius 2 is 1.96 bits per heavy atom. The molecule has 1 aromatic carbocycles. The molecular weight excluding hydrogens is 320 g/mol. The van der Waals surface area contributed by atoms with Crippen molar-refractivity contribution < 1.29 is 23.5 Å². The summed E-state index contributed by atoms with van der Waals surface area (Å²) in [7, 11) is 0. The smallest absolute Gasteiger partial charge is 0.258 e. The molecular formula is C16H13F2N3O3. The molecule has 24 heavy (non-hydrogen) atoms. The third-order valence-electron chi connectivity index (χ3n) is 3.52. The molecule has 6 nitrogen and oxygen atoms in total. The van der Waals surface area contributed by atoms with Crippen molar-refractivity contribution in [3.05, 3.63) is 47.9 Å². The monoisotopic (exact) mass is 333 g/mol. The van der Waals surface area contributed by atoms with E-state index in [4.69, 9.17) is 5.11 Å². The Hall–Kier alpha value is -3.03. The van der Waals surface area contributed by atoms with Crippen molar-refractivity contribution in [2.45, 2.75) is 12.6 Å². The van der Waals surface area contributed by atoms with Crippen molar-refractivity contribution in [3.8, 4) is 5.75 Å². The number of hydrogen-bond acceptors (Lipinski definition) is 4. The van der Waals surface area contributed by atoms with Crippen molar-refractivity contribution in [1.82, 2.24) is 4.98 Å². The molecule has 3 N–H and O–H groups in total. The fraction of sp³-hybridized carbons (Fsp3) is 0.188. The number of rotatable bonds is 4. The Bertz CT molecular complexity index is 813. The molecule has 0 radical (unpaired) electrons. The van der Waals surface area contributed by atoms with Crippen LogP contribution in [-0.4, -0.2) is 28.1 Å². The molecule has 2 amide bonds.